The number of hydrogen-bond donors (Lipinski definition) is 1. The number of hydrogen-bond acceptors (Lipinski definition) is 1. The van der Waals surface area contributed by atoms with Gasteiger partial charge in [0.15, 0.2) is 0 Å². The average Bonchev–Trinajstić information content (AvgIpc) is 2.67. The second-order valence-electron chi connectivity index (χ2n) is 4.98. The molecule has 1 heteroatoms. The van der Waals surface area contributed by atoms with E-state index in [1.165, 1.54) is 42.1 Å². The van der Waals surface area contributed by atoms with E-state index in [9.17, 15) is 0 Å². The third-order valence-electron chi connectivity index (χ3n) is 3.82. The van der Waals surface area contributed by atoms with Crippen molar-refractivity contribution in [3.8, 4) is 0 Å². The van der Waals surface area contributed by atoms with Gasteiger partial charge < -0.3 is 5.32 Å². The first kappa shape index (κ1) is 10.8. The molecule has 17 heavy (non-hydrogen) atoms. The van der Waals surface area contributed by atoms with Crippen LogP contribution in [0.4, 0.5) is 0 Å². The monoisotopic (exact) mass is 225 g/mol. The van der Waals surface area contributed by atoms with Gasteiger partial charge in [-0.2, -0.15) is 0 Å². The molecule has 1 heterocycles. The minimum Gasteiger partial charge on any atom is -0.317 e. The second kappa shape index (κ2) is 4.89. The molecule has 1 nitrogen and oxygen atoms in total. The molecule has 0 bridgehead atoms. The highest BCUT2D eigenvalue weighted by Crippen LogP contribution is 2.28. The quantitative estimate of drug-likeness (QED) is 0.780. The predicted molar refractivity (Wildman–Crippen MR) is 73.4 cm³/mol. The van der Waals surface area contributed by atoms with Crippen molar-refractivity contribution in [2.24, 2.45) is 0 Å². The van der Waals surface area contributed by atoms with Gasteiger partial charge in [0, 0.05) is 0 Å². The van der Waals surface area contributed by atoms with Crippen LogP contribution in [0.2, 0.25) is 0 Å². The first-order chi connectivity index (χ1) is 8.43. The van der Waals surface area contributed by atoms with Crippen LogP contribution in [0.3, 0.4) is 0 Å². The third-order valence-corrected chi connectivity index (χ3v) is 3.82. The van der Waals surface area contributed by atoms with Crippen LogP contribution in [0.5, 0.6) is 0 Å². The fourth-order valence-corrected chi connectivity index (χ4v) is 2.81. The molecule has 0 aliphatic carbocycles. The normalized spacial score (nSPS) is 21.3. The van der Waals surface area contributed by atoms with Crippen LogP contribution in [-0.2, 0) is 0 Å². The van der Waals surface area contributed by atoms with E-state index < -0.39 is 0 Å². The highest BCUT2D eigenvalue weighted by atomic mass is 14.8. The van der Waals surface area contributed by atoms with Gasteiger partial charge in [-0.05, 0) is 54.6 Å². The van der Waals surface area contributed by atoms with Gasteiger partial charge >= 0.3 is 0 Å². The van der Waals surface area contributed by atoms with E-state index in [0.717, 1.165) is 12.5 Å². The Labute approximate surface area is 103 Å². The predicted octanol–water partition coefficient (Wildman–Crippen LogP) is 3.70. The Hall–Kier alpha value is -1.34. The Bertz CT molecular complexity index is 496. The first-order valence-corrected chi connectivity index (χ1v) is 6.63. The fourth-order valence-electron chi connectivity index (χ4n) is 2.81. The highest BCUT2D eigenvalue weighted by Gasteiger charge is 2.13. The molecule has 0 amide bonds. The standard InChI is InChI=1S/C16H19N/c1-2-5-15-12-16(8-7-13(15)4-1)14-6-3-10-17-11-9-14/h1-2,4-5,7-8,12,14,17H,3,6,9-11H2. The Balaban J connectivity index is 1.93. The lowest BCUT2D eigenvalue weighted by Gasteiger charge is -2.14. The highest BCUT2D eigenvalue weighted by molar-refractivity contribution is 5.83. The van der Waals surface area contributed by atoms with E-state index in [-0.39, 0.29) is 0 Å². The number of fused-ring (bicyclic) bond motifs is 1. The lowest BCUT2D eigenvalue weighted by molar-refractivity contribution is 0.610. The molecule has 1 aliphatic heterocycles. The van der Waals surface area contributed by atoms with Gasteiger partial charge in [0.2, 0.25) is 0 Å². The van der Waals surface area contributed by atoms with E-state index in [0.29, 0.717) is 0 Å². The Morgan fingerprint density at radius 2 is 1.76 bits per heavy atom. The van der Waals surface area contributed by atoms with Crippen LogP contribution >= 0.6 is 0 Å². The Morgan fingerprint density at radius 3 is 2.71 bits per heavy atom. The molecule has 1 saturated heterocycles. The van der Waals surface area contributed by atoms with Gasteiger partial charge in [0.1, 0.15) is 0 Å². The van der Waals surface area contributed by atoms with E-state index in [2.05, 4.69) is 47.8 Å². The molecule has 88 valence electrons. The number of rotatable bonds is 1. The molecule has 0 radical (unpaired) electrons. The summed E-state index contributed by atoms with van der Waals surface area (Å²) in [7, 11) is 0. The molecular formula is C16H19N. The molecule has 1 fully saturated rings. The van der Waals surface area contributed by atoms with E-state index in [4.69, 9.17) is 0 Å². The summed E-state index contributed by atoms with van der Waals surface area (Å²) >= 11 is 0. The minimum absolute atomic E-state index is 0.745. The lowest BCUT2D eigenvalue weighted by Crippen LogP contribution is -2.13. The molecule has 2 aromatic carbocycles. The van der Waals surface area contributed by atoms with Gasteiger partial charge in [0.05, 0.1) is 0 Å². The van der Waals surface area contributed by atoms with Gasteiger partial charge in [-0.25, -0.2) is 0 Å². The molecule has 2 aromatic rings. The molecule has 1 unspecified atom stereocenters. The maximum absolute atomic E-state index is 3.48. The van der Waals surface area contributed by atoms with Crippen LogP contribution in [0, 0.1) is 0 Å². The van der Waals surface area contributed by atoms with Crippen molar-refractivity contribution in [3.05, 3.63) is 48.0 Å². The van der Waals surface area contributed by atoms with E-state index in [1.54, 1.807) is 0 Å². The summed E-state index contributed by atoms with van der Waals surface area (Å²) in [4.78, 5) is 0. The molecular weight excluding hydrogens is 206 g/mol. The van der Waals surface area contributed by atoms with E-state index in [1.807, 2.05) is 0 Å². The van der Waals surface area contributed by atoms with Crippen molar-refractivity contribution < 1.29 is 0 Å². The van der Waals surface area contributed by atoms with Crippen LogP contribution in [0.25, 0.3) is 10.8 Å². The van der Waals surface area contributed by atoms with Gasteiger partial charge in [-0.15, -0.1) is 0 Å². The largest absolute Gasteiger partial charge is 0.317 e. The smallest absolute Gasteiger partial charge is 0.00431 e. The van der Waals surface area contributed by atoms with Crippen molar-refractivity contribution >= 4 is 10.8 Å². The summed E-state index contributed by atoms with van der Waals surface area (Å²) in [5.41, 5.74) is 1.52. The lowest BCUT2D eigenvalue weighted by atomic mass is 9.90. The first-order valence-electron chi connectivity index (χ1n) is 6.63. The number of nitrogens with one attached hydrogen (secondary N) is 1. The van der Waals surface area contributed by atoms with Crippen molar-refractivity contribution in [2.75, 3.05) is 13.1 Å². The molecule has 0 spiro atoms. The topological polar surface area (TPSA) is 12.0 Å². The average molecular weight is 225 g/mol. The van der Waals surface area contributed by atoms with Gasteiger partial charge in [-0.1, -0.05) is 42.5 Å². The summed E-state index contributed by atoms with van der Waals surface area (Å²) in [5.74, 6) is 0.745. The Kier molecular flexibility index (Phi) is 3.10. The zero-order valence-corrected chi connectivity index (χ0v) is 10.2. The van der Waals surface area contributed by atoms with Crippen molar-refractivity contribution in [2.45, 2.75) is 25.2 Å². The van der Waals surface area contributed by atoms with Crippen molar-refractivity contribution in [1.82, 2.24) is 5.32 Å². The van der Waals surface area contributed by atoms with Crippen LogP contribution < -0.4 is 5.32 Å². The molecule has 1 aliphatic rings. The maximum Gasteiger partial charge on any atom is -0.00431 e. The molecule has 1 N–H and O–H groups in total. The summed E-state index contributed by atoms with van der Waals surface area (Å²) < 4.78 is 0. The summed E-state index contributed by atoms with van der Waals surface area (Å²) in [6.07, 6.45) is 3.90. The van der Waals surface area contributed by atoms with E-state index >= 15 is 0 Å². The minimum atomic E-state index is 0.745. The van der Waals surface area contributed by atoms with Crippen molar-refractivity contribution in [1.29, 1.82) is 0 Å². The molecule has 0 aromatic heterocycles. The molecule has 3 rings (SSSR count). The van der Waals surface area contributed by atoms with Gasteiger partial charge in [-0.3, -0.25) is 0 Å². The fraction of sp³-hybridized carbons (Fsp3) is 0.375. The molecule has 0 saturated carbocycles. The van der Waals surface area contributed by atoms with Gasteiger partial charge in [0.25, 0.3) is 0 Å². The third kappa shape index (κ3) is 2.34. The van der Waals surface area contributed by atoms with Crippen molar-refractivity contribution in [3.63, 3.8) is 0 Å². The SMILES string of the molecule is c1ccc2cc(C3CCCNCC3)ccc2c1. The zero-order valence-electron chi connectivity index (χ0n) is 10.2. The maximum atomic E-state index is 3.48. The summed E-state index contributed by atoms with van der Waals surface area (Å²) in [6.45, 7) is 2.35. The molecule has 1 atom stereocenters. The summed E-state index contributed by atoms with van der Waals surface area (Å²) in [6, 6.07) is 15.6. The van der Waals surface area contributed by atoms with Crippen LogP contribution in [0.1, 0.15) is 30.7 Å². The summed E-state index contributed by atoms with van der Waals surface area (Å²) in [5, 5.41) is 6.21. The van der Waals surface area contributed by atoms with Crippen LogP contribution in [-0.4, -0.2) is 13.1 Å². The number of benzene rings is 2. The Morgan fingerprint density at radius 1 is 0.882 bits per heavy atom. The zero-order chi connectivity index (χ0) is 11.5. The second-order valence-corrected chi connectivity index (χ2v) is 4.98. The van der Waals surface area contributed by atoms with Crippen LogP contribution in [0.15, 0.2) is 42.5 Å².